The van der Waals surface area contributed by atoms with Gasteiger partial charge in [-0.3, -0.25) is 0 Å². The first-order valence-corrected chi connectivity index (χ1v) is 6.22. The van der Waals surface area contributed by atoms with Gasteiger partial charge in [-0.2, -0.15) is 0 Å². The molecule has 1 N–H and O–H groups in total. The van der Waals surface area contributed by atoms with Crippen molar-refractivity contribution >= 4 is 11.8 Å². The Morgan fingerprint density at radius 2 is 2.00 bits per heavy atom. The lowest BCUT2D eigenvalue weighted by molar-refractivity contribution is 0.422. The number of hydrogen-bond acceptors (Lipinski definition) is 2. The highest BCUT2D eigenvalue weighted by atomic mass is 32.2. The molecule has 1 nitrogen and oxygen atoms in total. The van der Waals surface area contributed by atoms with Crippen LogP contribution in [-0.2, 0) is 6.54 Å². The van der Waals surface area contributed by atoms with Crippen molar-refractivity contribution in [2.24, 2.45) is 0 Å². The van der Waals surface area contributed by atoms with Gasteiger partial charge < -0.3 is 5.32 Å². The molecular weight excluding hydrogens is 209 g/mol. The van der Waals surface area contributed by atoms with Gasteiger partial charge in [0.25, 0.3) is 0 Å². The summed E-state index contributed by atoms with van der Waals surface area (Å²) in [6.07, 6.45) is 2.01. The zero-order valence-electron chi connectivity index (χ0n) is 9.73. The molecule has 0 heterocycles. The number of hydrogen-bond donors (Lipinski definition) is 1. The van der Waals surface area contributed by atoms with Crippen molar-refractivity contribution in [1.82, 2.24) is 5.32 Å². The molecule has 0 radical (unpaired) electrons. The van der Waals surface area contributed by atoms with Gasteiger partial charge in [-0.05, 0) is 50.8 Å². The molecule has 0 amide bonds. The van der Waals surface area contributed by atoms with Crippen LogP contribution < -0.4 is 5.32 Å². The van der Waals surface area contributed by atoms with Crippen LogP contribution in [0.2, 0.25) is 0 Å². The first kappa shape index (κ1) is 12.5. The molecule has 0 saturated heterocycles. The molecule has 0 aromatic heterocycles. The normalized spacial score (nSPS) is 11.8. The molecule has 0 aliphatic carbocycles. The third-order valence-electron chi connectivity index (χ3n) is 2.05. The van der Waals surface area contributed by atoms with Gasteiger partial charge in [0, 0.05) is 17.0 Å². The van der Waals surface area contributed by atoms with Crippen LogP contribution in [0.3, 0.4) is 0 Å². The van der Waals surface area contributed by atoms with Crippen LogP contribution in [0.1, 0.15) is 26.3 Å². The van der Waals surface area contributed by atoms with Crippen LogP contribution in [-0.4, -0.2) is 11.8 Å². The molecule has 1 rings (SSSR count). The SMILES string of the molecule is CSc1ccc(F)cc1CNC(C)(C)C. The molecule has 0 bridgehead atoms. The second-order valence-electron chi connectivity index (χ2n) is 4.56. The fourth-order valence-electron chi connectivity index (χ4n) is 1.25. The summed E-state index contributed by atoms with van der Waals surface area (Å²) < 4.78 is 13.1. The average molecular weight is 227 g/mol. The minimum absolute atomic E-state index is 0.0575. The Labute approximate surface area is 95.5 Å². The van der Waals surface area contributed by atoms with E-state index in [0.29, 0.717) is 6.54 Å². The van der Waals surface area contributed by atoms with E-state index in [4.69, 9.17) is 0 Å². The number of nitrogens with one attached hydrogen (secondary N) is 1. The van der Waals surface area contributed by atoms with Gasteiger partial charge in [-0.1, -0.05) is 0 Å². The van der Waals surface area contributed by atoms with Crippen LogP contribution in [0, 0.1) is 5.82 Å². The number of benzene rings is 1. The predicted octanol–water partition coefficient (Wildman–Crippen LogP) is 3.44. The zero-order chi connectivity index (χ0) is 11.5. The Balaban J connectivity index is 2.79. The van der Waals surface area contributed by atoms with Gasteiger partial charge in [0.1, 0.15) is 5.82 Å². The summed E-state index contributed by atoms with van der Waals surface area (Å²) in [6, 6.07) is 4.94. The number of thioether (sulfide) groups is 1. The van der Waals surface area contributed by atoms with E-state index in [9.17, 15) is 4.39 Å². The Bertz CT molecular complexity index is 331. The van der Waals surface area contributed by atoms with Crippen molar-refractivity contribution < 1.29 is 4.39 Å². The lowest BCUT2D eigenvalue weighted by Crippen LogP contribution is -2.35. The van der Waals surface area contributed by atoms with Crippen molar-refractivity contribution in [3.63, 3.8) is 0 Å². The minimum atomic E-state index is -0.168. The average Bonchev–Trinajstić information content (AvgIpc) is 2.14. The van der Waals surface area contributed by atoms with Crippen LogP contribution >= 0.6 is 11.8 Å². The summed E-state index contributed by atoms with van der Waals surface area (Å²) in [4.78, 5) is 1.13. The molecular formula is C12H18FNS. The molecule has 0 fully saturated rings. The summed E-state index contributed by atoms with van der Waals surface area (Å²) in [5.41, 5.74) is 1.08. The van der Waals surface area contributed by atoms with Gasteiger partial charge in [-0.15, -0.1) is 11.8 Å². The van der Waals surface area contributed by atoms with Crippen molar-refractivity contribution in [2.75, 3.05) is 6.26 Å². The topological polar surface area (TPSA) is 12.0 Å². The van der Waals surface area contributed by atoms with Crippen molar-refractivity contribution in [1.29, 1.82) is 0 Å². The zero-order valence-corrected chi connectivity index (χ0v) is 10.5. The van der Waals surface area contributed by atoms with Crippen LogP contribution in [0.25, 0.3) is 0 Å². The second-order valence-corrected chi connectivity index (χ2v) is 5.41. The van der Waals surface area contributed by atoms with E-state index in [1.165, 1.54) is 6.07 Å². The van der Waals surface area contributed by atoms with E-state index in [2.05, 4.69) is 26.1 Å². The largest absolute Gasteiger partial charge is 0.308 e. The molecule has 0 aliphatic heterocycles. The fraction of sp³-hybridized carbons (Fsp3) is 0.500. The Morgan fingerprint density at radius 3 is 2.53 bits per heavy atom. The predicted molar refractivity (Wildman–Crippen MR) is 64.8 cm³/mol. The van der Waals surface area contributed by atoms with Gasteiger partial charge in [-0.25, -0.2) is 4.39 Å². The number of halogens is 1. The molecule has 0 aliphatic rings. The summed E-state index contributed by atoms with van der Waals surface area (Å²) in [6.45, 7) is 7.01. The van der Waals surface area contributed by atoms with Crippen LogP contribution in [0.4, 0.5) is 4.39 Å². The summed E-state index contributed by atoms with van der Waals surface area (Å²) in [7, 11) is 0. The highest BCUT2D eigenvalue weighted by Crippen LogP contribution is 2.21. The van der Waals surface area contributed by atoms with E-state index in [1.54, 1.807) is 17.8 Å². The van der Waals surface area contributed by atoms with Crippen LogP contribution in [0.5, 0.6) is 0 Å². The first-order valence-electron chi connectivity index (χ1n) is 5.00. The van der Waals surface area contributed by atoms with Gasteiger partial charge in [0.15, 0.2) is 0 Å². The third-order valence-corrected chi connectivity index (χ3v) is 2.89. The molecule has 1 aromatic carbocycles. The molecule has 0 saturated carbocycles. The maximum Gasteiger partial charge on any atom is 0.123 e. The maximum atomic E-state index is 13.1. The molecule has 3 heteroatoms. The highest BCUT2D eigenvalue weighted by molar-refractivity contribution is 7.98. The standard InChI is InChI=1S/C12H18FNS/c1-12(2,3)14-8-9-7-10(13)5-6-11(9)15-4/h5-7,14H,8H2,1-4H3. The minimum Gasteiger partial charge on any atom is -0.308 e. The lowest BCUT2D eigenvalue weighted by atomic mass is 10.1. The van der Waals surface area contributed by atoms with E-state index in [1.807, 2.05) is 12.3 Å². The Morgan fingerprint density at radius 1 is 1.33 bits per heavy atom. The Hall–Kier alpha value is -0.540. The summed E-state index contributed by atoms with van der Waals surface area (Å²) in [5, 5.41) is 3.36. The molecule has 15 heavy (non-hydrogen) atoms. The van der Waals surface area contributed by atoms with Crippen molar-refractivity contribution in [2.45, 2.75) is 37.8 Å². The molecule has 84 valence electrons. The van der Waals surface area contributed by atoms with E-state index >= 15 is 0 Å². The lowest BCUT2D eigenvalue weighted by Gasteiger charge is -2.21. The second kappa shape index (κ2) is 4.99. The van der Waals surface area contributed by atoms with E-state index in [-0.39, 0.29) is 11.4 Å². The van der Waals surface area contributed by atoms with Crippen molar-refractivity contribution in [3.05, 3.63) is 29.6 Å². The third kappa shape index (κ3) is 4.22. The Kier molecular flexibility index (Phi) is 4.17. The smallest absolute Gasteiger partial charge is 0.123 e. The van der Waals surface area contributed by atoms with Gasteiger partial charge in [0.05, 0.1) is 0 Å². The van der Waals surface area contributed by atoms with E-state index < -0.39 is 0 Å². The summed E-state index contributed by atoms with van der Waals surface area (Å²) in [5.74, 6) is -0.168. The fourth-order valence-corrected chi connectivity index (χ4v) is 1.84. The molecule has 0 unspecified atom stereocenters. The quantitative estimate of drug-likeness (QED) is 0.794. The summed E-state index contributed by atoms with van der Waals surface area (Å²) >= 11 is 1.65. The molecule has 1 aromatic rings. The molecule has 0 atom stereocenters. The van der Waals surface area contributed by atoms with Crippen molar-refractivity contribution in [3.8, 4) is 0 Å². The highest BCUT2D eigenvalue weighted by Gasteiger charge is 2.10. The number of rotatable bonds is 3. The van der Waals surface area contributed by atoms with Gasteiger partial charge >= 0.3 is 0 Å². The van der Waals surface area contributed by atoms with Gasteiger partial charge in [0.2, 0.25) is 0 Å². The van der Waals surface area contributed by atoms with Crippen LogP contribution in [0.15, 0.2) is 23.1 Å². The van der Waals surface area contributed by atoms with E-state index in [0.717, 1.165) is 10.5 Å². The monoisotopic (exact) mass is 227 g/mol. The maximum absolute atomic E-state index is 13.1. The molecule has 0 spiro atoms. The first-order chi connectivity index (χ1) is 6.92.